The van der Waals surface area contributed by atoms with Gasteiger partial charge in [0.1, 0.15) is 6.61 Å². The largest absolute Gasteiger partial charge is 0.395 e. The lowest BCUT2D eigenvalue weighted by molar-refractivity contribution is 0.0421. The van der Waals surface area contributed by atoms with Gasteiger partial charge < -0.3 is 9.57 Å². The van der Waals surface area contributed by atoms with Gasteiger partial charge in [-0.1, -0.05) is 12.1 Å². The van der Waals surface area contributed by atoms with Crippen LogP contribution in [0.2, 0.25) is 0 Å². The minimum atomic E-state index is 0.431. The molecule has 11 heavy (non-hydrogen) atoms. The lowest BCUT2D eigenvalue weighted by Crippen LogP contribution is -2.32. The molecule has 0 unspecified atom stereocenters. The van der Waals surface area contributed by atoms with Crippen molar-refractivity contribution in [2.75, 3.05) is 13.2 Å². The van der Waals surface area contributed by atoms with Gasteiger partial charge in [0.2, 0.25) is 0 Å². The number of oxime groups is 1. The summed E-state index contributed by atoms with van der Waals surface area (Å²) in [6, 6.07) is 0. The molecule has 2 atom stereocenters. The number of hydrogen-bond donors (Lipinski definition) is 0. The Kier molecular flexibility index (Phi) is 1.82. The molecule has 3 nitrogen and oxygen atoms in total. The van der Waals surface area contributed by atoms with Gasteiger partial charge in [0.05, 0.1) is 18.4 Å². The molecule has 2 rings (SSSR count). The number of nitrogens with zero attached hydrogens (tertiary/aromatic N) is 1. The monoisotopic (exact) mass is 155 g/mol. The van der Waals surface area contributed by atoms with Crippen molar-refractivity contribution in [1.29, 1.82) is 0 Å². The Hall–Kier alpha value is -0.570. The summed E-state index contributed by atoms with van der Waals surface area (Å²) < 4.78 is 5.53. The van der Waals surface area contributed by atoms with Crippen molar-refractivity contribution in [1.82, 2.24) is 0 Å². The highest BCUT2D eigenvalue weighted by Gasteiger charge is 2.31. The summed E-state index contributed by atoms with van der Waals surface area (Å²) in [7, 11) is 0. The van der Waals surface area contributed by atoms with Crippen molar-refractivity contribution < 1.29 is 9.57 Å². The van der Waals surface area contributed by atoms with E-state index in [-0.39, 0.29) is 0 Å². The smallest absolute Gasteiger partial charge is 0.125 e. The van der Waals surface area contributed by atoms with Crippen LogP contribution in [-0.2, 0) is 9.57 Å². The second-order valence-electron chi connectivity index (χ2n) is 3.15. The second-order valence-corrected chi connectivity index (χ2v) is 3.15. The van der Waals surface area contributed by atoms with Gasteiger partial charge in [-0.25, -0.2) is 0 Å². The Morgan fingerprint density at radius 1 is 1.64 bits per heavy atom. The van der Waals surface area contributed by atoms with Gasteiger partial charge in [-0.2, -0.15) is 0 Å². The van der Waals surface area contributed by atoms with E-state index in [1.807, 2.05) is 0 Å². The molecule has 1 fully saturated rings. The van der Waals surface area contributed by atoms with Crippen LogP contribution in [0.15, 0.2) is 5.16 Å². The van der Waals surface area contributed by atoms with Crippen LogP contribution in [0.25, 0.3) is 0 Å². The van der Waals surface area contributed by atoms with Gasteiger partial charge in [-0.15, -0.1) is 0 Å². The molecular formula is C8H13NO2. The van der Waals surface area contributed by atoms with Gasteiger partial charge in [0.15, 0.2) is 0 Å². The third kappa shape index (κ3) is 1.25. The van der Waals surface area contributed by atoms with Crippen LogP contribution in [0, 0.1) is 5.92 Å². The van der Waals surface area contributed by atoms with E-state index in [1.54, 1.807) is 0 Å². The molecular weight excluding hydrogens is 142 g/mol. The first-order chi connectivity index (χ1) is 5.40. The first-order valence-electron chi connectivity index (χ1n) is 4.20. The SMILES string of the molecule is CC[C@H]1C[C@H]2CON=C2CO1. The molecule has 3 heteroatoms. The van der Waals surface area contributed by atoms with E-state index in [0.29, 0.717) is 18.6 Å². The van der Waals surface area contributed by atoms with E-state index in [0.717, 1.165) is 25.2 Å². The summed E-state index contributed by atoms with van der Waals surface area (Å²) in [6.45, 7) is 3.61. The predicted octanol–water partition coefficient (Wildman–Crippen LogP) is 1.19. The fourth-order valence-corrected chi connectivity index (χ4v) is 1.60. The van der Waals surface area contributed by atoms with E-state index in [2.05, 4.69) is 12.1 Å². The molecule has 2 heterocycles. The van der Waals surface area contributed by atoms with E-state index in [1.165, 1.54) is 0 Å². The number of rotatable bonds is 1. The van der Waals surface area contributed by atoms with Crippen molar-refractivity contribution in [2.24, 2.45) is 11.1 Å². The lowest BCUT2D eigenvalue weighted by atomic mass is 9.94. The zero-order chi connectivity index (χ0) is 7.68. The van der Waals surface area contributed by atoms with E-state index in [4.69, 9.17) is 9.57 Å². The molecule has 2 aliphatic rings. The van der Waals surface area contributed by atoms with Crippen molar-refractivity contribution in [2.45, 2.75) is 25.9 Å². The zero-order valence-electron chi connectivity index (χ0n) is 6.75. The first-order valence-corrected chi connectivity index (χ1v) is 4.20. The average Bonchev–Trinajstić information content (AvgIpc) is 2.50. The summed E-state index contributed by atoms with van der Waals surface area (Å²) >= 11 is 0. The maximum Gasteiger partial charge on any atom is 0.125 e. The molecule has 0 radical (unpaired) electrons. The quantitative estimate of drug-likeness (QED) is 0.569. The lowest BCUT2D eigenvalue weighted by Gasteiger charge is -2.25. The van der Waals surface area contributed by atoms with Crippen LogP contribution in [0.5, 0.6) is 0 Å². The summed E-state index contributed by atoms with van der Waals surface area (Å²) in [5.41, 5.74) is 1.11. The predicted molar refractivity (Wildman–Crippen MR) is 41.5 cm³/mol. The first kappa shape index (κ1) is 7.10. The van der Waals surface area contributed by atoms with Crippen LogP contribution >= 0.6 is 0 Å². The van der Waals surface area contributed by atoms with Crippen LogP contribution in [0.1, 0.15) is 19.8 Å². The van der Waals surface area contributed by atoms with Crippen molar-refractivity contribution in [3.05, 3.63) is 0 Å². The summed E-state index contributed by atoms with van der Waals surface area (Å²) in [6.07, 6.45) is 2.62. The molecule has 0 N–H and O–H groups in total. The topological polar surface area (TPSA) is 30.8 Å². The highest BCUT2D eigenvalue weighted by molar-refractivity contribution is 5.89. The molecule has 0 aromatic carbocycles. The molecule has 0 aromatic heterocycles. The fourth-order valence-electron chi connectivity index (χ4n) is 1.60. The maximum absolute atomic E-state index is 5.53. The van der Waals surface area contributed by atoms with Gasteiger partial charge in [0, 0.05) is 5.92 Å². The van der Waals surface area contributed by atoms with Gasteiger partial charge >= 0.3 is 0 Å². The Morgan fingerprint density at radius 2 is 2.55 bits per heavy atom. The summed E-state index contributed by atoms with van der Waals surface area (Å²) in [4.78, 5) is 4.99. The Bertz CT molecular complexity index is 179. The minimum Gasteiger partial charge on any atom is -0.395 e. The molecule has 2 aliphatic heterocycles. The Balaban J connectivity index is 1.98. The normalized spacial score (nSPS) is 35.9. The Labute approximate surface area is 66.4 Å². The van der Waals surface area contributed by atoms with Gasteiger partial charge in [-0.3, -0.25) is 0 Å². The fraction of sp³-hybridized carbons (Fsp3) is 0.875. The molecule has 0 aromatic rings. The highest BCUT2D eigenvalue weighted by atomic mass is 16.6. The molecule has 0 saturated carbocycles. The third-order valence-electron chi connectivity index (χ3n) is 2.40. The van der Waals surface area contributed by atoms with Crippen LogP contribution < -0.4 is 0 Å². The number of fused-ring (bicyclic) bond motifs is 1. The van der Waals surface area contributed by atoms with E-state index >= 15 is 0 Å². The van der Waals surface area contributed by atoms with Gasteiger partial charge in [0.25, 0.3) is 0 Å². The highest BCUT2D eigenvalue weighted by Crippen LogP contribution is 2.24. The van der Waals surface area contributed by atoms with Crippen molar-refractivity contribution in [3.63, 3.8) is 0 Å². The molecule has 1 saturated heterocycles. The van der Waals surface area contributed by atoms with Crippen LogP contribution in [-0.4, -0.2) is 25.0 Å². The Morgan fingerprint density at radius 3 is 3.36 bits per heavy atom. The zero-order valence-corrected chi connectivity index (χ0v) is 6.75. The van der Waals surface area contributed by atoms with E-state index < -0.39 is 0 Å². The molecule has 0 amide bonds. The van der Waals surface area contributed by atoms with E-state index in [9.17, 15) is 0 Å². The molecule has 0 bridgehead atoms. The van der Waals surface area contributed by atoms with Gasteiger partial charge in [-0.05, 0) is 12.8 Å². The average molecular weight is 155 g/mol. The standard InChI is InChI=1S/C8H13NO2/c1-2-7-3-6-4-11-9-8(6)5-10-7/h6-7H,2-5H2,1H3/t6-,7-/m0/s1. The minimum absolute atomic E-state index is 0.431. The molecule has 62 valence electrons. The number of hydrogen-bond acceptors (Lipinski definition) is 3. The van der Waals surface area contributed by atoms with Crippen LogP contribution in [0.4, 0.5) is 0 Å². The second kappa shape index (κ2) is 2.81. The van der Waals surface area contributed by atoms with Crippen molar-refractivity contribution >= 4 is 5.71 Å². The number of ether oxygens (including phenoxy) is 1. The summed E-state index contributed by atoms with van der Waals surface area (Å²) in [5, 5.41) is 3.92. The summed E-state index contributed by atoms with van der Waals surface area (Å²) in [5.74, 6) is 0.550. The van der Waals surface area contributed by atoms with Crippen LogP contribution in [0.3, 0.4) is 0 Å². The molecule has 0 aliphatic carbocycles. The van der Waals surface area contributed by atoms with Crippen molar-refractivity contribution in [3.8, 4) is 0 Å². The third-order valence-corrected chi connectivity index (χ3v) is 2.40. The molecule has 0 spiro atoms. The maximum atomic E-state index is 5.53.